The van der Waals surface area contributed by atoms with Crippen molar-refractivity contribution in [3.05, 3.63) is 24.0 Å². The zero-order valence-corrected chi connectivity index (χ0v) is 10.6. The maximum Gasteiger partial charge on any atom is 0.240 e. The van der Waals surface area contributed by atoms with Gasteiger partial charge in [-0.25, -0.2) is 17.5 Å². The molecule has 0 aliphatic heterocycles. The van der Waals surface area contributed by atoms with E-state index in [0.717, 1.165) is 31.4 Å². The molecule has 0 saturated heterocycles. The largest absolute Gasteiger partial charge is 0.399 e. The molecule has 0 aromatic heterocycles. The summed E-state index contributed by atoms with van der Waals surface area (Å²) in [7, 11) is -3.66. The number of anilines is 1. The smallest absolute Gasteiger partial charge is 0.240 e. The third kappa shape index (κ3) is 4.32. The molecule has 0 saturated carbocycles. The van der Waals surface area contributed by atoms with E-state index in [1.807, 2.05) is 6.92 Å². The van der Waals surface area contributed by atoms with Crippen LogP contribution >= 0.6 is 0 Å². The van der Waals surface area contributed by atoms with Crippen molar-refractivity contribution in [1.82, 2.24) is 4.72 Å². The third-order valence-electron chi connectivity index (χ3n) is 2.28. The van der Waals surface area contributed by atoms with E-state index in [1.54, 1.807) is 0 Å². The lowest BCUT2D eigenvalue weighted by atomic mass is 10.3. The minimum atomic E-state index is -3.66. The summed E-state index contributed by atoms with van der Waals surface area (Å²) in [6.07, 6.45) is 2.73. The lowest BCUT2D eigenvalue weighted by Gasteiger charge is -2.07. The van der Waals surface area contributed by atoms with Crippen molar-refractivity contribution >= 4 is 15.7 Å². The SMILES string of the molecule is CCCCCNS(=O)(=O)c1cc(N)cc(F)c1. The first-order chi connectivity index (χ1) is 7.95. The molecule has 0 aliphatic rings. The number of hydrogen-bond donors (Lipinski definition) is 2. The van der Waals surface area contributed by atoms with Gasteiger partial charge in [0.2, 0.25) is 10.0 Å². The van der Waals surface area contributed by atoms with Crippen LogP contribution in [0.4, 0.5) is 10.1 Å². The molecule has 6 heteroatoms. The molecular formula is C11H17FN2O2S. The molecule has 0 amide bonds. The molecule has 0 bridgehead atoms. The Kier molecular flexibility index (Phi) is 4.89. The first-order valence-electron chi connectivity index (χ1n) is 5.51. The Morgan fingerprint density at radius 3 is 2.59 bits per heavy atom. The summed E-state index contributed by atoms with van der Waals surface area (Å²) >= 11 is 0. The van der Waals surface area contributed by atoms with Gasteiger partial charge >= 0.3 is 0 Å². The quantitative estimate of drug-likeness (QED) is 0.606. The molecule has 17 heavy (non-hydrogen) atoms. The fourth-order valence-corrected chi connectivity index (χ4v) is 2.54. The van der Waals surface area contributed by atoms with Crippen molar-refractivity contribution in [2.24, 2.45) is 0 Å². The number of rotatable bonds is 6. The van der Waals surface area contributed by atoms with Gasteiger partial charge in [0.25, 0.3) is 0 Å². The van der Waals surface area contributed by atoms with Crippen molar-refractivity contribution in [3.63, 3.8) is 0 Å². The predicted octanol–water partition coefficient (Wildman–Crippen LogP) is 1.88. The van der Waals surface area contributed by atoms with Gasteiger partial charge in [-0.2, -0.15) is 0 Å². The number of nitrogens with two attached hydrogens (primary N) is 1. The van der Waals surface area contributed by atoms with Crippen molar-refractivity contribution in [2.45, 2.75) is 31.1 Å². The van der Waals surface area contributed by atoms with Gasteiger partial charge in [-0.3, -0.25) is 0 Å². The molecule has 0 heterocycles. The van der Waals surface area contributed by atoms with E-state index in [-0.39, 0.29) is 10.6 Å². The third-order valence-corrected chi connectivity index (χ3v) is 3.72. The van der Waals surface area contributed by atoms with E-state index < -0.39 is 15.8 Å². The second-order valence-electron chi connectivity index (χ2n) is 3.83. The lowest BCUT2D eigenvalue weighted by Crippen LogP contribution is -2.25. The normalized spacial score (nSPS) is 11.6. The van der Waals surface area contributed by atoms with Gasteiger partial charge in [0.15, 0.2) is 0 Å². The minimum Gasteiger partial charge on any atom is -0.399 e. The second kappa shape index (κ2) is 5.97. The van der Waals surface area contributed by atoms with Gasteiger partial charge in [-0.15, -0.1) is 0 Å². The van der Waals surface area contributed by atoms with Crippen LogP contribution in [0.25, 0.3) is 0 Å². The average Bonchev–Trinajstić information content (AvgIpc) is 2.23. The molecule has 0 unspecified atom stereocenters. The summed E-state index contributed by atoms with van der Waals surface area (Å²) in [5, 5.41) is 0. The number of nitrogen functional groups attached to an aromatic ring is 1. The summed E-state index contributed by atoms with van der Waals surface area (Å²) in [6, 6.07) is 3.28. The number of nitrogens with one attached hydrogen (secondary N) is 1. The molecular weight excluding hydrogens is 243 g/mol. The Hall–Kier alpha value is -1.14. The highest BCUT2D eigenvalue weighted by Gasteiger charge is 2.14. The molecule has 1 rings (SSSR count). The molecule has 4 nitrogen and oxygen atoms in total. The van der Waals surface area contributed by atoms with E-state index in [4.69, 9.17) is 5.73 Å². The fourth-order valence-electron chi connectivity index (χ4n) is 1.40. The topological polar surface area (TPSA) is 72.2 Å². The summed E-state index contributed by atoms with van der Waals surface area (Å²) in [6.45, 7) is 2.38. The van der Waals surface area contributed by atoms with E-state index in [1.165, 1.54) is 6.07 Å². The number of unbranched alkanes of at least 4 members (excludes halogenated alkanes) is 2. The first kappa shape index (κ1) is 13.9. The Morgan fingerprint density at radius 1 is 1.29 bits per heavy atom. The number of hydrogen-bond acceptors (Lipinski definition) is 3. The minimum absolute atomic E-state index is 0.0962. The Balaban J connectivity index is 2.75. The number of benzene rings is 1. The molecule has 0 atom stereocenters. The van der Waals surface area contributed by atoms with E-state index in [9.17, 15) is 12.8 Å². The van der Waals surface area contributed by atoms with Crippen molar-refractivity contribution in [1.29, 1.82) is 0 Å². The molecule has 0 radical (unpaired) electrons. The Morgan fingerprint density at radius 2 is 2.00 bits per heavy atom. The van der Waals surface area contributed by atoms with E-state index in [2.05, 4.69) is 4.72 Å². The van der Waals surface area contributed by atoms with E-state index in [0.29, 0.717) is 6.54 Å². The highest BCUT2D eigenvalue weighted by atomic mass is 32.2. The summed E-state index contributed by atoms with van der Waals surface area (Å²) in [5.74, 6) is -0.654. The van der Waals surface area contributed by atoms with Crippen LogP contribution < -0.4 is 10.5 Å². The highest BCUT2D eigenvalue weighted by Crippen LogP contribution is 2.15. The first-order valence-corrected chi connectivity index (χ1v) is 7.00. The van der Waals surface area contributed by atoms with Crippen molar-refractivity contribution in [2.75, 3.05) is 12.3 Å². The standard InChI is InChI=1S/C11H17FN2O2S/c1-2-3-4-5-14-17(15,16)11-7-9(12)6-10(13)8-11/h6-8,14H,2-5,13H2,1H3. The molecule has 0 aliphatic carbocycles. The van der Waals surface area contributed by atoms with Gasteiger partial charge in [-0.05, 0) is 24.6 Å². The molecule has 3 N–H and O–H groups in total. The molecule has 0 spiro atoms. The van der Waals surface area contributed by atoms with Crippen LogP contribution in [0.15, 0.2) is 23.1 Å². The predicted molar refractivity (Wildman–Crippen MR) is 65.5 cm³/mol. The summed E-state index contributed by atoms with van der Waals surface area (Å²) < 4.78 is 39.0. The van der Waals surface area contributed by atoms with Crippen LogP contribution in [-0.4, -0.2) is 15.0 Å². The van der Waals surface area contributed by atoms with Gasteiger partial charge in [0.05, 0.1) is 4.90 Å². The fraction of sp³-hybridized carbons (Fsp3) is 0.455. The van der Waals surface area contributed by atoms with Gasteiger partial charge in [-0.1, -0.05) is 19.8 Å². The van der Waals surface area contributed by atoms with E-state index >= 15 is 0 Å². The number of halogens is 1. The maximum absolute atomic E-state index is 13.0. The maximum atomic E-state index is 13.0. The zero-order chi connectivity index (χ0) is 12.9. The highest BCUT2D eigenvalue weighted by molar-refractivity contribution is 7.89. The van der Waals surface area contributed by atoms with Crippen LogP contribution in [0, 0.1) is 5.82 Å². The Bertz CT molecular complexity index is 454. The molecule has 1 aromatic rings. The zero-order valence-electron chi connectivity index (χ0n) is 9.74. The molecule has 0 fully saturated rings. The van der Waals surface area contributed by atoms with Crippen LogP contribution in [0.1, 0.15) is 26.2 Å². The van der Waals surface area contributed by atoms with Crippen molar-refractivity contribution < 1.29 is 12.8 Å². The van der Waals surface area contributed by atoms with Gasteiger partial charge in [0, 0.05) is 12.2 Å². The lowest BCUT2D eigenvalue weighted by molar-refractivity contribution is 0.572. The van der Waals surface area contributed by atoms with Crippen molar-refractivity contribution in [3.8, 4) is 0 Å². The summed E-state index contributed by atoms with van der Waals surface area (Å²) in [4.78, 5) is -0.133. The van der Waals surface area contributed by atoms with Gasteiger partial charge in [0.1, 0.15) is 5.82 Å². The number of sulfonamides is 1. The van der Waals surface area contributed by atoms with Gasteiger partial charge < -0.3 is 5.73 Å². The van der Waals surface area contributed by atoms with Crippen LogP contribution in [-0.2, 0) is 10.0 Å². The molecule has 1 aromatic carbocycles. The van der Waals surface area contributed by atoms with Crippen LogP contribution in [0.3, 0.4) is 0 Å². The van der Waals surface area contributed by atoms with Crippen LogP contribution in [0.2, 0.25) is 0 Å². The monoisotopic (exact) mass is 260 g/mol. The van der Waals surface area contributed by atoms with Crippen LogP contribution in [0.5, 0.6) is 0 Å². The Labute approximate surface area is 101 Å². The second-order valence-corrected chi connectivity index (χ2v) is 5.59. The average molecular weight is 260 g/mol. The summed E-state index contributed by atoms with van der Waals surface area (Å²) in [5.41, 5.74) is 5.50. The molecule has 96 valence electrons.